The predicted octanol–water partition coefficient (Wildman–Crippen LogP) is 1.74. The van der Waals surface area contributed by atoms with Crippen LogP contribution in [0.5, 0.6) is 0 Å². The Morgan fingerprint density at radius 1 is 1.50 bits per heavy atom. The summed E-state index contributed by atoms with van der Waals surface area (Å²) < 4.78 is 0. The van der Waals surface area contributed by atoms with Crippen molar-refractivity contribution in [2.45, 2.75) is 46.6 Å². The molecule has 0 spiro atoms. The lowest BCUT2D eigenvalue weighted by Crippen LogP contribution is -2.43. The van der Waals surface area contributed by atoms with Gasteiger partial charge in [0, 0.05) is 12.0 Å². The van der Waals surface area contributed by atoms with E-state index in [0.29, 0.717) is 0 Å². The van der Waals surface area contributed by atoms with Gasteiger partial charge < -0.3 is 10.0 Å². The van der Waals surface area contributed by atoms with Gasteiger partial charge in [-0.25, -0.2) is 0 Å². The van der Waals surface area contributed by atoms with Crippen molar-refractivity contribution in [2.75, 3.05) is 6.54 Å². The number of hydrogen-bond acceptors (Lipinski definition) is 2. The predicted molar refractivity (Wildman–Crippen MR) is 61.0 cm³/mol. The molecule has 0 bridgehead atoms. The van der Waals surface area contributed by atoms with Gasteiger partial charge in [0.2, 0.25) is 5.91 Å². The maximum Gasteiger partial charge on any atom is 0.323 e. The van der Waals surface area contributed by atoms with Crippen LogP contribution in [0.3, 0.4) is 0 Å². The average molecular weight is 227 g/mol. The molecule has 4 heteroatoms. The molecule has 0 aliphatic heterocycles. The van der Waals surface area contributed by atoms with Gasteiger partial charge >= 0.3 is 5.97 Å². The van der Waals surface area contributed by atoms with E-state index in [0.717, 1.165) is 12.8 Å². The summed E-state index contributed by atoms with van der Waals surface area (Å²) in [6.07, 6.45) is 1.66. The van der Waals surface area contributed by atoms with E-state index in [1.165, 1.54) is 4.90 Å². The van der Waals surface area contributed by atoms with Crippen LogP contribution in [0, 0.1) is 11.3 Å². The molecule has 1 rings (SSSR count). The van der Waals surface area contributed by atoms with Crippen LogP contribution >= 0.6 is 0 Å². The van der Waals surface area contributed by atoms with Gasteiger partial charge in [0.15, 0.2) is 0 Å². The molecule has 1 aliphatic rings. The van der Waals surface area contributed by atoms with Crippen LogP contribution in [0.15, 0.2) is 0 Å². The summed E-state index contributed by atoms with van der Waals surface area (Å²) in [5.74, 6) is -0.922. The molecule has 0 aromatic carbocycles. The molecule has 4 nitrogen and oxygen atoms in total. The number of hydrogen-bond donors (Lipinski definition) is 1. The minimum absolute atomic E-state index is 0.000000000000000222. The fraction of sp³-hybridized carbons (Fsp3) is 0.833. The van der Waals surface area contributed by atoms with E-state index in [1.54, 1.807) is 0 Å². The summed E-state index contributed by atoms with van der Waals surface area (Å²) in [5, 5.41) is 8.82. The maximum atomic E-state index is 12.1. The number of carboxylic acid groups (broad SMARTS) is 1. The summed E-state index contributed by atoms with van der Waals surface area (Å²) in [7, 11) is 0. The second-order valence-corrected chi connectivity index (χ2v) is 5.36. The van der Waals surface area contributed by atoms with Gasteiger partial charge in [-0.15, -0.1) is 0 Å². The Balaban J connectivity index is 2.69. The third kappa shape index (κ3) is 2.74. The molecular formula is C12H21NO3. The second kappa shape index (κ2) is 4.44. The van der Waals surface area contributed by atoms with Crippen LogP contribution in [-0.4, -0.2) is 34.5 Å². The summed E-state index contributed by atoms with van der Waals surface area (Å²) in [5.41, 5.74) is 0.0568. The Bertz CT molecular complexity index is 299. The zero-order chi connectivity index (χ0) is 12.5. The first-order valence-corrected chi connectivity index (χ1v) is 5.82. The number of rotatable bonds is 5. The molecule has 1 unspecified atom stereocenters. The number of carboxylic acids is 1. The third-order valence-electron chi connectivity index (χ3n) is 3.52. The lowest BCUT2D eigenvalue weighted by molar-refractivity contribution is -0.147. The van der Waals surface area contributed by atoms with E-state index in [9.17, 15) is 9.59 Å². The van der Waals surface area contributed by atoms with Gasteiger partial charge in [-0.2, -0.15) is 0 Å². The summed E-state index contributed by atoms with van der Waals surface area (Å²) in [6, 6.07) is -0.000000000000000222. The minimum Gasteiger partial charge on any atom is -0.480 e. The molecular weight excluding hydrogens is 206 g/mol. The number of nitrogens with zero attached hydrogens (tertiary/aromatic N) is 1. The molecule has 0 saturated heterocycles. The average Bonchev–Trinajstić information content (AvgIpc) is 2.81. The highest BCUT2D eigenvalue weighted by Crippen LogP contribution is 2.52. The van der Waals surface area contributed by atoms with Crippen LogP contribution in [0.2, 0.25) is 0 Å². The first-order valence-electron chi connectivity index (χ1n) is 5.82. The normalized spacial score (nSPS) is 23.6. The molecule has 2 atom stereocenters. The molecule has 0 aromatic heterocycles. The lowest BCUT2D eigenvalue weighted by Gasteiger charge is -2.27. The monoisotopic (exact) mass is 227 g/mol. The van der Waals surface area contributed by atoms with Crippen molar-refractivity contribution in [3.63, 3.8) is 0 Å². The smallest absolute Gasteiger partial charge is 0.323 e. The van der Waals surface area contributed by atoms with E-state index < -0.39 is 5.97 Å². The SMILES string of the molecule is CCC(C)N(CC(=O)O)C(=O)[C@H]1CC1(C)C. The summed E-state index contributed by atoms with van der Waals surface area (Å²) in [4.78, 5) is 24.4. The van der Waals surface area contributed by atoms with Gasteiger partial charge in [0.25, 0.3) is 0 Å². The highest BCUT2D eigenvalue weighted by Gasteiger charge is 2.52. The Labute approximate surface area is 96.6 Å². The minimum atomic E-state index is -0.938. The van der Waals surface area contributed by atoms with Crippen molar-refractivity contribution < 1.29 is 14.7 Å². The van der Waals surface area contributed by atoms with Crippen LogP contribution in [0.1, 0.15) is 40.5 Å². The van der Waals surface area contributed by atoms with Crippen molar-refractivity contribution in [3.8, 4) is 0 Å². The van der Waals surface area contributed by atoms with Crippen molar-refractivity contribution in [1.29, 1.82) is 0 Å². The van der Waals surface area contributed by atoms with E-state index in [1.807, 2.05) is 27.7 Å². The standard InChI is InChI=1S/C12H21NO3/c1-5-8(2)13(7-10(14)15)11(16)9-6-12(9,3)4/h8-9H,5-7H2,1-4H3,(H,14,15)/t8?,9-/m1/s1. The van der Waals surface area contributed by atoms with Crippen LogP contribution < -0.4 is 0 Å². The molecule has 16 heavy (non-hydrogen) atoms. The molecule has 92 valence electrons. The highest BCUT2D eigenvalue weighted by molar-refractivity contribution is 5.86. The van der Waals surface area contributed by atoms with Gasteiger partial charge in [-0.1, -0.05) is 20.8 Å². The fourth-order valence-corrected chi connectivity index (χ4v) is 1.91. The zero-order valence-corrected chi connectivity index (χ0v) is 10.5. The molecule has 1 aliphatic carbocycles. The topological polar surface area (TPSA) is 57.6 Å². The van der Waals surface area contributed by atoms with Crippen molar-refractivity contribution >= 4 is 11.9 Å². The van der Waals surface area contributed by atoms with Crippen LogP contribution in [0.4, 0.5) is 0 Å². The first-order chi connectivity index (χ1) is 7.29. The molecule has 1 amide bonds. The second-order valence-electron chi connectivity index (χ2n) is 5.36. The molecule has 1 fully saturated rings. The Kier molecular flexibility index (Phi) is 3.61. The van der Waals surface area contributed by atoms with Gasteiger partial charge in [-0.3, -0.25) is 9.59 Å². The highest BCUT2D eigenvalue weighted by atomic mass is 16.4. The molecule has 1 N–H and O–H groups in total. The lowest BCUT2D eigenvalue weighted by atomic mass is 10.1. The third-order valence-corrected chi connectivity index (χ3v) is 3.52. The van der Waals surface area contributed by atoms with Crippen molar-refractivity contribution in [2.24, 2.45) is 11.3 Å². The van der Waals surface area contributed by atoms with Gasteiger partial charge in [0.1, 0.15) is 6.54 Å². The van der Waals surface area contributed by atoms with Gasteiger partial charge in [0.05, 0.1) is 0 Å². The molecule has 0 radical (unpaired) electrons. The zero-order valence-electron chi connectivity index (χ0n) is 10.5. The van der Waals surface area contributed by atoms with Crippen LogP contribution in [0.25, 0.3) is 0 Å². The quantitative estimate of drug-likeness (QED) is 0.778. The Morgan fingerprint density at radius 2 is 2.00 bits per heavy atom. The molecule has 0 aromatic rings. The molecule has 1 saturated carbocycles. The Hall–Kier alpha value is -1.06. The number of carbonyl (C=O) groups excluding carboxylic acids is 1. The van der Waals surface area contributed by atoms with E-state index in [2.05, 4.69) is 0 Å². The first kappa shape index (κ1) is 13.0. The summed E-state index contributed by atoms with van der Waals surface area (Å²) >= 11 is 0. The van der Waals surface area contributed by atoms with Crippen molar-refractivity contribution in [1.82, 2.24) is 4.90 Å². The van der Waals surface area contributed by atoms with Gasteiger partial charge in [-0.05, 0) is 25.2 Å². The maximum absolute atomic E-state index is 12.1. The number of amides is 1. The Morgan fingerprint density at radius 3 is 2.31 bits per heavy atom. The summed E-state index contributed by atoms with van der Waals surface area (Å²) in [6.45, 7) is 7.78. The van der Waals surface area contributed by atoms with E-state index in [-0.39, 0.29) is 29.8 Å². The molecule has 0 heterocycles. The van der Waals surface area contributed by atoms with E-state index >= 15 is 0 Å². The van der Waals surface area contributed by atoms with E-state index in [4.69, 9.17) is 5.11 Å². The van der Waals surface area contributed by atoms with Crippen LogP contribution in [-0.2, 0) is 9.59 Å². The number of aliphatic carboxylic acids is 1. The number of carbonyl (C=O) groups is 2. The fourth-order valence-electron chi connectivity index (χ4n) is 1.91. The largest absolute Gasteiger partial charge is 0.480 e. The van der Waals surface area contributed by atoms with Crippen molar-refractivity contribution in [3.05, 3.63) is 0 Å².